The van der Waals surface area contributed by atoms with Crippen LogP contribution in [0.5, 0.6) is 0 Å². The van der Waals surface area contributed by atoms with Crippen LogP contribution in [-0.2, 0) is 4.74 Å². The number of ether oxygens (including phenoxy) is 1. The molecule has 1 aromatic heterocycles. The Labute approximate surface area is 110 Å². The van der Waals surface area contributed by atoms with E-state index in [1.54, 1.807) is 11.8 Å². The van der Waals surface area contributed by atoms with E-state index in [-0.39, 0.29) is 12.0 Å². The largest absolute Gasteiger partial charge is 0.396 e. The number of aliphatic hydroxyl groups is 1. The average molecular weight is 261 g/mol. The van der Waals surface area contributed by atoms with Crippen LogP contribution >= 0.6 is 11.8 Å². The number of aromatic nitrogens is 1. The molecule has 0 saturated carbocycles. The van der Waals surface area contributed by atoms with Crippen molar-refractivity contribution in [2.75, 3.05) is 25.6 Å². The van der Waals surface area contributed by atoms with Gasteiger partial charge in [-0.15, -0.1) is 11.8 Å². The first-order valence-electron chi connectivity index (χ1n) is 5.98. The fourth-order valence-corrected chi connectivity index (χ4v) is 3.24. The van der Waals surface area contributed by atoms with E-state index in [2.05, 4.69) is 11.1 Å². The lowest BCUT2D eigenvalue weighted by Gasteiger charge is -2.39. The molecular formula is C14H15NO2S. The number of hydrogen-bond acceptors (Lipinski definition) is 4. The zero-order chi connectivity index (χ0) is 12.4. The number of pyridine rings is 1. The Morgan fingerprint density at radius 1 is 1.28 bits per heavy atom. The number of thioether (sulfide) groups is 1. The summed E-state index contributed by atoms with van der Waals surface area (Å²) in [6.07, 6.45) is 1.84. The fraction of sp³-hybridized carbons (Fsp3) is 0.357. The molecule has 2 heterocycles. The third kappa shape index (κ3) is 2.11. The molecule has 0 unspecified atom stereocenters. The molecular weight excluding hydrogens is 246 g/mol. The van der Waals surface area contributed by atoms with Crippen LogP contribution in [0.4, 0.5) is 0 Å². The van der Waals surface area contributed by atoms with Gasteiger partial charge in [0.05, 0.1) is 25.3 Å². The van der Waals surface area contributed by atoms with E-state index in [4.69, 9.17) is 4.74 Å². The first-order valence-corrected chi connectivity index (χ1v) is 6.97. The number of para-hydroxylation sites is 1. The van der Waals surface area contributed by atoms with E-state index >= 15 is 0 Å². The first-order chi connectivity index (χ1) is 8.83. The molecule has 0 amide bonds. The highest BCUT2D eigenvalue weighted by atomic mass is 32.2. The van der Waals surface area contributed by atoms with Crippen LogP contribution in [0, 0.1) is 5.41 Å². The van der Waals surface area contributed by atoms with Gasteiger partial charge < -0.3 is 9.84 Å². The second-order valence-electron chi connectivity index (χ2n) is 4.77. The normalized spacial score (nSPS) is 17.6. The number of aliphatic hydroxyl groups excluding tert-OH is 1. The maximum atomic E-state index is 9.42. The zero-order valence-electron chi connectivity index (χ0n) is 10.0. The van der Waals surface area contributed by atoms with Crippen LogP contribution in [0.25, 0.3) is 10.9 Å². The van der Waals surface area contributed by atoms with Crippen molar-refractivity contribution in [2.24, 2.45) is 5.41 Å². The summed E-state index contributed by atoms with van der Waals surface area (Å²) in [6, 6.07) is 10.2. The third-order valence-corrected chi connectivity index (χ3v) is 4.72. The second kappa shape index (κ2) is 4.88. The van der Waals surface area contributed by atoms with E-state index in [0.717, 1.165) is 11.3 Å². The average Bonchev–Trinajstić information content (AvgIpc) is 2.38. The highest BCUT2D eigenvalue weighted by molar-refractivity contribution is 7.99. The maximum Gasteiger partial charge on any atom is 0.0713 e. The maximum absolute atomic E-state index is 9.42. The quantitative estimate of drug-likeness (QED) is 0.858. The number of nitrogens with zero attached hydrogens (tertiary/aromatic N) is 1. The van der Waals surface area contributed by atoms with Gasteiger partial charge in [-0.25, -0.2) is 0 Å². The van der Waals surface area contributed by atoms with Gasteiger partial charge >= 0.3 is 0 Å². The molecule has 1 N–H and O–H groups in total. The van der Waals surface area contributed by atoms with E-state index in [1.165, 1.54) is 10.3 Å². The minimum absolute atomic E-state index is 0.0466. The second-order valence-corrected chi connectivity index (χ2v) is 5.78. The summed E-state index contributed by atoms with van der Waals surface area (Å²) in [5.41, 5.74) is 0.972. The topological polar surface area (TPSA) is 42.4 Å². The molecule has 1 fully saturated rings. The summed E-state index contributed by atoms with van der Waals surface area (Å²) in [5.74, 6) is 0.886. The minimum atomic E-state index is -0.0466. The van der Waals surface area contributed by atoms with Gasteiger partial charge in [-0.05, 0) is 12.1 Å². The molecule has 0 bridgehead atoms. The van der Waals surface area contributed by atoms with Gasteiger partial charge in [0.2, 0.25) is 0 Å². The molecule has 0 atom stereocenters. The van der Waals surface area contributed by atoms with Crippen LogP contribution in [0.3, 0.4) is 0 Å². The number of rotatable bonds is 4. The van der Waals surface area contributed by atoms with E-state index in [0.29, 0.717) is 13.2 Å². The molecule has 94 valence electrons. The number of hydrogen-bond donors (Lipinski definition) is 1. The first kappa shape index (κ1) is 12.0. The molecule has 3 rings (SSSR count). The Morgan fingerprint density at radius 2 is 2.11 bits per heavy atom. The Morgan fingerprint density at radius 3 is 2.83 bits per heavy atom. The van der Waals surface area contributed by atoms with E-state index in [1.807, 2.05) is 30.5 Å². The minimum Gasteiger partial charge on any atom is -0.396 e. The van der Waals surface area contributed by atoms with Crippen molar-refractivity contribution < 1.29 is 9.84 Å². The summed E-state index contributed by atoms with van der Waals surface area (Å²) < 4.78 is 5.22. The van der Waals surface area contributed by atoms with Gasteiger partial charge in [0.25, 0.3) is 0 Å². The molecule has 18 heavy (non-hydrogen) atoms. The van der Waals surface area contributed by atoms with Crippen molar-refractivity contribution in [3.63, 3.8) is 0 Å². The molecule has 1 saturated heterocycles. The standard InChI is InChI=1S/C14H15NO2S/c16-7-14(8-17-9-14)10-18-13-5-6-15-12-4-2-1-3-11(12)13/h1-6,16H,7-10H2. The molecule has 1 aromatic carbocycles. The van der Waals surface area contributed by atoms with E-state index < -0.39 is 0 Å². The van der Waals surface area contributed by atoms with Gasteiger partial charge in [0.15, 0.2) is 0 Å². The monoisotopic (exact) mass is 261 g/mol. The van der Waals surface area contributed by atoms with Gasteiger partial charge in [0, 0.05) is 27.6 Å². The SMILES string of the molecule is OCC1(CSc2ccnc3ccccc23)COC1. The zero-order valence-corrected chi connectivity index (χ0v) is 10.8. The predicted octanol–water partition coefficient (Wildman–Crippen LogP) is 2.34. The van der Waals surface area contributed by atoms with Crippen molar-refractivity contribution in [2.45, 2.75) is 4.90 Å². The molecule has 2 aromatic rings. The van der Waals surface area contributed by atoms with Gasteiger partial charge in [-0.1, -0.05) is 18.2 Å². The molecule has 4 heteroatoms. The summed E-state index contributed by atoms with van der Waals surface area (Å²) in [5, 5.41) is 10.6. The Balaban J connectivity index is 1.82. The lowest BCUT2D eigenvalue weighted by Crippen LogP contribution is -2.47. The summed E-state index contributed by atoms with van der Waals surface area (Å²) in [6.45, 7) is 1.53. The lowest BCUT2D eigenvalue weighted by molar-refractivity contribution is -0.121. The van der Waals surface area contributed by atoms with Crippen molar-refractivity contribution in [3.05, 3.63) is 36.5 Å². The van der Waals surface area contributed by atoms with Gasteiger partial charge in [-0.3, -0.25) is 4.98 Å². The van der Waals surface area contributed by atoms with Crippen LogP contribution in [0.1, 0.15) is 0 Å². The van der Waals surface area contributed by atoms with Crippen molar-refractivity contribution in [1.29, 1.82) is 0 Å². The molecule has 0 radical (unpaired) electrons. The summed E-state index contributed by atoms with van der Waals surface area (Å²) in [7, 11) is 0. The highest BCUT2D eigenvalue weighted by Gasteiger charge is 2.38. The Hall–Kier alpha value is -1.10. The summed E-state index contributed by atoms with van der Waals surface area (Å²) in [4.78, 5) is 5.58. The smallest absolute Gasteiger partial charge is 0.0713 e. The highest BCUT2D eigenvalue weighted by Crippen LogP contribution is 2.36. The Bertz CT molecular complexity index is 543. The molecule has 0 spiro atoms. The van der Waals surface area contributed by atoms with Crippen LogP contribution in [0.15, 0.2) is 41.4 Å². The molecule has 0 aliphatic carbocycles. The van der Waals surface area contributed by atoms with Crippen LogP contribution in [0.2, 0.25) is 0 Å². The van der Waals surface area contributed by atoms with Crippen molar-refractivity contribution in [1.82, 2.24) is 4.98 Å². The fourth-order valence-electron chi connectivity index (χ4n) is 2.04. The number of benzene rings is 1. The van der Waals surface area contributed by atoms with Gasteiger partial charge in [0.1, 0.15) is 0 Å². The molecule has 1 aliphatic heterocycles. The van der Waals surface area contributed by atoms with E-state index in [9.17, 15) is 5.11 Å². The molecule has 1 aliphatic rings. The third-order valence-electron chi connectivity index (χ3n) is 3.29. The lowest BCUT2D eigenvalue weighted by atomic mass is 9.90. The molecule has 3 nitrogen and oxygen atoms in total. The van der Waals surface area contributed by atoms with Crippen molar-refractivity contribution in [3.8, 4) is 0 Å². The Kier molecular flexibility index (Phi) is 3.24. The van der Waals surface area contributed by atoms with Crippen LogP contribution in [-0.4, -0.2) is 35.7 Å². The van der Waals surface area contributed by atoms with Crippen molar-refractivity contribution >= 4 is 22.7 Å². The number of fused-ring (bicyclic) bond motifs is 1. The predicted molar refractivity (Wildman–Crippen MR) is 72.8 cm³/mol. The summed E-state index contributed by atoms with van der Waals surface area (Å²) >= 11 is 1.78. The van der Waals surface area contributed by atoms with Crippen LogP contribution < -0.4 is 0 Å². The van der Waals surface area contributed by atoms with Gasteiger partial charge in [-0.2, -0.15) is 0 Å².